The Balaban J connectivity index is 1.61. The third-order valence-corrected chi connectivity index (χ3v) is 7.45. The van der Waals surface area contributed by atoms with Gasteiger partial charge in [-0.05, 0) is 53.4 Å². The molecule has 1 aromatic heterocycles. The average Bonchev–Trinajstić information content (AvgIpc) is 2.90. The number of rotatable bonds is 12. The van der Waals surface area contributed by atoms with Crippen molar-refractivity contribution in [1.82, 2.24) is 14.6 Å². The molecule has 4 rings (SSSR count). The van der Waals surface area contributed by atoms with Gasteiger partial charge in [-0.15, -0.1) is 0 Å². The van der Waals surface area contributed by atoms with Crippen LogP contribution in [-0.4, -0.2) is 42.0 Å². The zero-order chi connectivity index (χ0) is 26.1. The van der Waals surface area contributed by atoms with Crippen LogP contribution in [0.15, 0.2) is 114 Å². The molecular weight excluding hydrogens is 486 g/mol. The molecule has 0 aliphatic heterocycles. The molecule has 190 valence electrons. The zero-order valence-corrected chi connectivity index (χ0v) is 21.1. The monoisotopic (exact) mass is 515 g/mol. The van der Waals surface area contributed by atoms with Crippen molar-refractivity contribution in [3.8, 4) is 0 Å². The first-order valence-corrected chi connectivity index (χ1v) is 13.4. The lowest BCUT2D eigenvalue weighted by molar-refractivity contribution is 0.0697. The maximum Gasteiger partial charge on any atom is 0.335 e. The third kappa shape index (κ3) is 7.82. The number of aromatic carboxylic acids is 1. The summed E-state index contributed by atoms with van der Waals surface area (Å²) in [6.07, 6.45) is 4.01. The molecule has 0 aliphatic carbocycles. The van der Waals surface area contributed by atoms with Gasteiger partial charge in [-0.3, -0.25) is 9.88 Å². The van der Waals surface area contributed by atoms with Gasteiger partial charge in [-0.1, -0.05) is 66.7 Å². The number of pyridine rings is 1. The molecule has 0 saturated carbocycles. The maximum atomic E-state index is 13.2. The predicted molar refractivity (Wildman–Crippen MR) is 142 cm³/mol. The highest BCUT2D eigenvalue weighted by molar-refractivity contribution is 7.89. The fourth-order valence-electron chi connectivity index (χ4n) is 4.19. The predicted octanol–water partition coefficient (Wildman–Crippen LogP) is 4.37. The molecule has 0 spiro atoms. The van der Waals surface area contributed by atoms with Crippen LogP contribution in [0, 0.1) is 0 Å². The molecular formula is C29H29N3O4S. The molecule has 1 unspecified atom stereocenters. The van der Waals surface area contributed by atoms with Gasteiger partial charge in [0.15, 0.2) is 0 Å². The highest BCUT2D eigenvalue weighted by atomic mass is 32.2. The smallest absolute Gasteiger partial charge is 0.335 e. The van der Waals surface area contributed by atoms with Gasteiger partial charge in [-0.25, -0.2) is 17.9 Å². The minimum atomic E-state index is -3.74. The number of nitrogens with zero attached hydrogens (tertiary/aromatic N) is 2. The van der Waals surface area contributed by atoms with E-state index < -0.39 is 22.0 Å². The molecule has 7 nitrogen and oxygen atoms in total. The van der Waals surface area contributed by atoms with Gasteiger partial charge >= 0.3 is 5.97 Å². The summed E-state index contributed by atoms with van der Waals surface area (Å²) < 4.78 is 29.4. The lowest BCUT2D eigenvalue weighted by atomic mass is 10.1. The van der Waals surface area contributed by atoms with E-state index in [-0.39, 0.29) is 10.5 Å². The molecule has 3 aromatic carbocycles. The van der Waals surface area contributed by atoms with Gasteiger partial charge in [-0.2, -0.15) is 0 Å². The SMILES string of the molecule is O=C(O)c1ccc(CN(Cc2cccnc2)CC(Cc2ccccc2)NS(=O)(=O)c2ccccc2)cc1. The second kappa shape index (κ2) is 12.4. The van der Waals surface area contributed by atoms with Crippen molar-refractivity contribution in [2.45, 2.75) is 30.4 Å². The maximum absolute atomic E-state index is 13.2. The van der Waals surface area contributed by atoms with Crippen molar-refractivity contribution in [1.29, 1.82) is 0 Å². The molecule has 0 saturated heterocycles. The van der Waals surface area contributed by atoms with Crippen LogP contribution in [0.3, 0.4) is 0 Å². The number of sulfonamides is 1. The third-order valence-electron chi connectivity index (χ3n) is 5.91. The summed E-state index contributed by atoms with van der Waals surface area (Å²) in [7, 11) is -3.74. The summed E-state index contributed by atoms with van der Waals surface area (Å²) in [5.74, 6) is -0.975. The van der Waals surface area contributed by atoms with Crippen molar-refractivity contribution in [3.63, 3.8) is 0 Å². The topological polar surface area (TPSA) is 99.6 Å². The first-order chi connectivity index (χ1) is 17.9. The van der Waals surface area contributed by atoms with Crippen LogP contribution in [-0.2, 0) is 29.5 Å². The molecule has 0 bridgehead atoms. The number of nitrogens with one attached hydrogen (secondary N) is 1. The molecule has 0 aliphatic rings. The van der Waals surface area contributed by atoms with E-state index in [1.165, 1.54) is 0 Å². The Morgan fingerprint density at radius 1 is 0.811 bits per heavy atom. The van der Waals surface area contributed by atoms with Gasteiger partial charge in [0.2, 0.25) is 10.0 Å². The summed E-state index contributed by atoms with van der Waals surface area (Å²) in [6.45, 7) is 1.48. The van der Waals surface area contributed by atoms with Gasteiger partial charge < -0.3 is 5.11 Å². The van der Waals surface area contributed by atoms with E-state index in [0.717, 1.165) is 16.7 Å². The van der Waals surface area contributed by atoms with E-state index >= 15 is 0 Å². The number of hydrogen-bond acceptors (Lipinski definition) is 5. The standard InChI is InChI=1S/C29H29N3O4S/c33-29(34)26-15-13-24(14-16-26)20-32(21-25-10-7-17-30-19-25)22-27(18-23-8-3-1-4-9-23)31-37(35,36)28-11-5-2-6-12-28/h1-17,19,27,31H,18,20-22H2,(H,33,34). The Bertz CT molecular complexity index is 1380. The summed E-state index contributed by atoms with van der Waals surface area (Å²) in [5.41, 5.74) is 3.17. The van der Waals surface area contributed by atoms with Crippen LogP contribution in [0.1, 0.15) is 27.0 Å². The Hall–Kier alpha value is -3.85. The van der Waals surface area contributed by atoms with Gasteiger partial charge in [0.25, 0.3) is 0 Å². The van der Waals surface area contributed by atoms with Gasteiger partial charge in [0.1, 0.15) is 0 Å². The van der Waals surface area contributed by atoms with Crippen LogP contribution in [0.2, 0.25) is 0 Å². The number of carboxylic acid groups (broad SMARTS) is 1. The quantitative estimate of drug-likeness (QED) is 0.291. The Morgan fingerprint density at radius 2 is 1.43 bits per heavy atom. The van der Waals surface area contributed by atoms with Crippen molar-refractivity contribution in [3.05, 3.63) is 132 Å². The average molecular weight is 516 g/mol. The van der Waals surface area contributed by atoms with Crippen LogP contribution in [0.4, 0.5) is 0 Å². The van der Waals surface area contributed by atoms with Gasteiger partial charge in [0, 0.05) is 38.1 Å². The first-order valence-electron chi connectivity index (χ1n) is 11.9. The van der Waals surface area contributed by atoms with E-state index in [1.807, 2.05) is 42.5 Å². The summed E-state index contributed by atoms with van der Waals surface area (Å²) >= 11 is 0. The molecule has 1 atom stereocenters. The molecule has 2 N–H and O–H groups in total. The molecule has 1 heterocycles. The molecule has 0 fully saturated rings. The second-order valence-electron chi connectivity index (χ2n) is 8.85. The van der Waals surface area contributed by atoms with Crippen molar-refractivity contribution in [2.75, 3.05) is 6.54 Å². The normalized spacial score (nSPS) is 12.4. The minimum absolute atomic E-state index is 0.219. The number of carboxylic acids is 1. The summed E-state index contributed by atoms with van der Waals surface area (Å²) in [6, 6.07) is 28.3. The van der Waals surface area contributed by atoms with E-state index in [0.29, 0.717) is 26.1 Å². The summed E-state index contributed by atoms with van der Waals surface area (Å²) in [5, 5.41) is 9.23. The highest BCUT2D eigenvalue weighted by Gasteiger charge is 2.23. The van der Waals surface area contributed by atoms with Crippen LogP contribution in [0.25, 0.3) is 0 Å². The molecule has 0 radical (unpaired) electrons. The van der Waals surface area contributed by atoms with E-state index in [4.69, 9.17) is 0 Å². The van der Waals surface area contributed by atoms with E-state index in [2.05, 4.69) is 14.6 Å². The van der Waals surface area contributed by atoms with Crippen LogP contribution < -0.4 is 4.72 Å². The fraction of sp³-hybridized carbons (Fsp3) is 0.172. The Labute approximate surface area is 217 Å². The first kappa shape index (κ1) is 26.2. The van der Waals surface area contributed by atoms with Crippen molar-refractivity contribution < 1.29 is 18.3 Å². The van der Waals surface area contributed by atoms with E-state index in [9.17, 15) is 18.3 Å². The molecule has 37 heavy (non-hydrogen) atoms. The van der Waals surface area contributed by atoms with Crippen molar-refractivity contribution in [2.24, 2.45) is 0 Å². The van der Waals surface area contributed by atoms with Gasteiger partial charge in [0.05, 0.1) is 10.5 Å². The summed E-state index contributed by atoms with van der Waals surface area (Å²) in [4.78, 5) is 17.8. The molecule has 8 heteroatoms. The van der Waals surface area contributed by atoms with Crippen LogP contribution >= 0.6 is 0 Å². The second-order valence-corrected chi connectivity index (χ2v) is 10.6. The zero-order valence-electron chi connectivity index (χ0n) is 20.3. The number of hydrogen-bond donors (Lipinski definition) is 2. The van der Waals surface area contributed by atoms with E-state index in [1.54, 1.807) is 67.0 Å². The Morgan fingerprint density at radius 3 is 2.05 bits per heavy atom. The number of aromatic nitrogens is 1. The minimum Gasteiger partial charge on any atom is -0.478 e. The highest BCUT2D eigenvalue weighted by Crippen LogP contribution is 2.16. The molecule has 0 amide bonds. The lowest BCUT2D eigenvalue weighted by Gasteiger charge is -2.28. The van der Waals surface area contributed by atoms with Crippen LogP contribution in [0.5, 0.6) is 0 Å². The lowest BCUT2D eigenvalue weighted by Crippen LogP contribution is -2.44. The molecule has 4 aromatic rings. The van der Waals surface area contributed by atoms with Crippen molar-refractivity contribution >= 4 is 16.0 Å². The number of benzene rings is 3. The fourth-order valence-corrected chi connectivity index (χ4v) is 5.43. The number of carbonyl (C=O) groups is 1. The Kier molecular flexibility index (Phi) is 8.79. The largest absolute Gasteiger partial charge is 0.478 e.